The molecule has 1 aromatic carbocycles. The van der Waals surface area contributed by atoms with E-state index in [4.69, 9.17) is 20.1 Å². The van der Waals surface area contributed by atoms with Crippen molar-refractivity contribution in [2.75, 3.05) is 6.54 Å². The number of nitrogens with zero attached hydrogens (tertiary/aromatic N) is 2. The Kier molecular flexibility index (Phi) is 8.19. The topological polar surface area (TPSA) is 131 Å². The number of hydrogen-bond acceptors (Lipinski definition) is 7. The van der Waals surface area contributed by atoms with Crippen LogP contribution in [0, 0.1) is 0 Å². The van der Waals surface area contributed by atoms with Crippen LogP contribution >= 0.6 is 0 Å². The van der Waals surface area contributed by atoms with Gasteiger partial charge in [0.05, 0.1) is 11.6 Å². The van der Waals surface area contributed by atoms with Gasteiger partial charge >= 0.3 is 12.2 Å². The van der Waals surface area contributed by atoms with Gasteiger partial charge in [0, 0.05) is 25.6 Å². The molecule has 0 spiro atoms. The smallest absolute Gasteiger partial charge is 0.410 e. The third-order valence-corrected chi connectivity index (χ3v) is 5.30. The first-order chi connectivity index (χ1) is 14.9. The molecule has 4 N–H and O–H groups in total. The van der Waals surface area contributed by atoms with Crippen molar-refractivity contribution < 1.29 is 34.8 Å². The van der Waals surface area contributed by atoms with Gasteiger partial charge < -0.3 is 30.1 Å². The quantitative estimate of drug-likeness (QED) is 0.258. The molecule has 0 aromatic heterocycles. The van der Waals surface area contributed by atoms with Gasteiger partial charge in [-0.2, -0.15) is 0 Å². The van der Waals surface area contributed by atoms with E-state index in [9.17, 15) is 14.7 Å². The fourth-order valence-corrected chi connectivity index (χ4v) is 3.56. The Bertz CT molecular complexity index is 851. The van der Waals surface area contributed by atoms with E-state index in [1.165, 1.54) is 6.08 Å². The van der Waals surface area contributed by atoms with E-state index in [0.717, 1.165) is 17.3 Å². The standard InChI is InChI=1S/C23H32N2O7/c1-5-17(10-12-24(15-26)23(29,30)31)19-8-6-18(7-9-19)16(2)25-13-11-20(32-21(25)27)14-22(3,4)28/h5-10,12,15-16,20,28-31H,11,13-14H2,1-4H3/b12-10-,17-5?. The van der Waals surface area contributed by atoms with Crippen molar-refractivity contribution in [1.82, 2.24) is 9.80 Å². The van der Waals surface area contributed by atoms with Crippen LogP contribution in [0.15, 0.2) is 42.6 Å². The molecule has 0 radical (unpaired) electrons. The highest BCUT2D eigenvalue weighted by Gasteiger charge is 2.33. The normalized spacial score (nSPS) is 19.1. The molecule has 9 nitrogen and oxygen atoms in total. The third kappa shape index (κ3) is 6.89. The first kappa shape index (κ1) is 25.5. The predicted octanol–water partition coefficient (Wildman–Crippen LogP) is 2.08. The lowest BCUT2D eigenvalue weighted by Crippen LogP contribution is -2.45. The molecule has 2 rings (SSSR count). The van der Waals surface area contributed by atoms with Crippen LogP contribution in [0.1, 0.15) is 57.7 Å². The van der Waals surface area contributed by atoms with E-state index in [-0.39, 0.29) is 18.6 Å². The Labute approximate surface area is 187 Å². The van der Waals surface area contributed by atoms with Crippen LogP contribution in [0.4, 0.5) is 4.79 Å². The lowest BCUT2D eigenvalue weighted by atomic mass is 9.97. The van der Waals surface area contributed by atoms with Crippen molar-refractivity contribution in [3.8, 4) is 0 Å². The molecule has 176 valence electrons. The second kappa shape index (κ2) is 10.3. The Morgan fingerprint density at radius 2 is 1.88 bits per heavy atom. The molecule has 1 aromatic rings. The first-order valence-corrected chi connectivity index (χ1v) is 10.4. The zero-order chi connectivity index (χ0) is 24.1. The van der Waals surface area contributed by atoms with Crippen LogP contribution in [0.2, 0.25) is 0 Å². The van der Waals surface area contributed by atoms with E-state index in [2.05, 4.69) is 0 Å². The molecule has 0 aliphatic carbocycles. The Morgan fingerprint density at radius 1 is 1.25 bits per heavy atom. The Balaban J connectivity index is 2.08. The first-order valence-electron chi connectivity index (χ1n) is 10.4. The minimum absolute atomic E-state index is 0.0817. The number of rotatable bonds is 9. The fourth-order valence-electron chi connectivity index (χ4n) is 3.56. The van der Waals surface area contributed by atoms with E-state index in [1.807, 2.05) is 31.2 Å². The Morgan fingerprint density at radius 3 is 2.34 bits per heavy atom. The number of aliphatic hydroxyl groups is 4. The number of allylic oxidation sites excluding steroid dienone is 3. The van der Waals surface area contributed by atoms with Crippen molar-refractivity contribution in [3.63, 3.8) is 0 Å². The minimum Gasteiger partial charge on any atom is -0.446 e. The highest BCUT2D eigenvalue weighted by Crippen LogP contribution is 2.29. The summed E-state index contributed by atoms with van der Waals surface area (Å²) in [4.78, 5) is 25.3. The summed E-state index contributed by atoms with van der Waals surface area (Å²) < 4.78 is 5.50. The van der Waals surface area contributed by atoms with Crippen LogP contribution in [-0.4, -0.2) is 67.1 Å². The largest absolute Gasteiger partial charge is 0.446 e. The van der Waals surface area contributed by atoms with Gasteiger partial charge in [0.25, 0.3) is 0 Å². The van der Waals surface area contributed by atoms with Crippen molar-refractivity contribution in [3.05, 3.63) is 53.7 Å². The van der Waals surface area contributed by atoms with Gasteiger partial charge in [-0.3, -0.25) is 4.79 Å². The number of amides is 2. The maximum absolute atomic E-state index is 12.5. The number of ether oxygens (including phenoxy) is 1. The van der Waals surface area contributed by atoms with Crippen LogP contribution in [0.3, 0.4) is 0 Å². The molecule has 9 heteroatoms. The zero-order valence-corrected chi connectivity index (χ0v) is 18.8. The third-order valence-electron chi connectivity index (χ3n) is 5.30. The van der Waals surface area contributed by atoms with Gasteiger partial charge in [-0.15, -0.1) is 0 Å². The summed E-state index contributed by atoms with van der Waals surface area (Å²) in [5, 5.41) is 37.3. The van der Waals surface area contributed by atoms with Crippen LogP contribution in [0.25, 0.3) is 5.57 Å². The van der Waals surface area contributed by atoms with Gasteiger partial charge in [0.1, 0.15) is 6.10 Å². The van der Waals surface area contributed by atoms with Gasteiger partial charge in [-0.1, -0.05) is 30.3 Å². The van der Waals surface area contributed by atoms with E-state index in [1.54, 1.807) is 31.7 Å². The molecule has 2 amide bonds. The number of hydrogen-bond donors (Lipinski definition) is 4. The molecular formula is C23H32N2O7. The average molecular weight is 449 g/mol. The molecule has 1 aliphatic rings. The maximum Gasteiger partial charge on any atom is 0.410 e. The van der Waals surface area contributed by atoms with Crippen LogP contribution < -0.4 is 0 Å². The van der Waals surface area contributed by atoms with E-state index in [0.29, 0.717) is 29.9 Å². The van der Waals surface area contributed by atoms with Crippen molar-refractivity contribution in [1.29, 1.82) is 0 Å². The predicted molar refractivity (Wildman–Crippen MR) is 117 cm³/mol. The molecular weight excluding hydrogens is 416 g/mol. The summed E-state index contributed by atoms with van der Waals surface area (Å²) >= 11 is 0. The zero-order valence-electron chi connectivity index (χ0n) is 18.8. The maximum atomic E-state index is 12.5. The lowest BCUT2D eigenvalue weighted by molar-refractivity contribution is -0.369. The van der Waals surface area contributed by atoms with Gasteiger partial charge in [-0.05, 0) is 50.5 Å². The Hall–Kier alpha value is -2.72. The molecule has 2 atom stereocenters. The second-order valence-electron chi connectivity index (χ2n) is 8.47. The fraction of sp³-hybridized carbons (Fsp3) is 0.478. The molecule has 1 heterocycles. The lowest BCUT2D eigenvalue weighted by Gasteiger charge is -2.37. The van der Waals surface area contributed by atoms with E-state index >= 15 is 0 Å². The highest BCUT2D eigenvalue weighted by atomic mass is 16.7. The SMILES string of the molecule is CC=C(/C=C\N(C=O)C(O)(O)O)c1ccc(C(C)N2CCC(CC(C)(C)O)OC2=O)cc1. The minimum atomic E-state index is -3.29. The summed E-state index contributed by atoms with van der Waals surface area (Å²) in [7, 11) is 0. The molecule has 1 aliphatic heterocycles. The van der Waals surface area contributed by atoms with Gasteiger partial charge in [-0.25, -0.2) is 9.69 Å². The molecule has 2 unspecified atom stereocenters. The van der Waals surface area contributed by atoms with Gasteiger partial charge in [0.2, 0.25) is 6.41 Å². The molecule has 0 bridgehead atoms. The van der Waals surface area contributed by atoms with Crippen LogP contribution in [0.5, 0.6) is 0 Å². The van der Waals surface area contributed by atoms with Gasteiger partial charge in [0.15, 0.2) is 0 Å². The van der Waals surface area contributed by atoms with Crippen molar-refractivity contribution in [2.24, 2.45) is 0 Å². The molecule has 1 saturated heterocycles. The van der Waals surface area contributed by atoms with Crippen LogP contribution in [-0.2, 0) is 9.53 Å². The van der Waals surface area contributed by atoms with Crippen molar-refractivity contribution in [2.45, 2.75) is 64.4 Å². The molecule has 32 heavy (non-hydrogen) atoms. The summed E-state index contributed by atoms with van der Waals surface area (Å²) in [6.07, 6.45) is 1.37. The summed E-state index contributed by atoms with van der Waals surface area (Å²) in [5.41, 5.74) is 1.47. The number of carbonyl (C=O) groups excluding carboxylic acids is 2. The average Bonchev–Trinajstić information content (AvgIpc) is 2.69. The highest BCUT2D eigenvalue weighted by molar-refractivity contribution is 5.74. The summed E-state index contributed by atoms with van der Waals surface area (Å²) in [6.45, 7) is 7.59. The monoisotopic (exact) mass is 448 g/mol. The second-order valence-corrected chi connectivity index (χ2v) is 8.47. The number of carbonyl (C=O) groups is 2. The molecule has 1 fully saturated rings. The van der Waals surface area contributed by atoms with E-state index < -0.39 is 17.8 Å². The number of benzene rings is 1. The van der Waals surface area contributed by atoms with Crippen molar-refractivity contribution >= 4 is 18.1 Å². The summed E-state index contributed by atoms with van der Waals surface area (Å²) in [6, 6.07) is 7.22. The summed E-state index contributed by atoms with van der Waals surface area (Å²) in [5.74, 6) is 0. The number of cyclic esters (lactones) is 1. The molecule has 0 saturated carbocycles.